The van der Waals surface area contributed by atoms with Crippen molar-refractivity contribution in [1.29, 1.82) is 0 Å². The zero-order chi connectivity index (χ0) is 11.4. The van der Waals surface area contributed by atoms with Gasteiger partial charge in [0.1, 0.15) is 24.5 Å². The Kier molecular flexibility index (Phi) is 3.10. The van der Waals surface area contributed by atoms with Crippen LogP contribution in [0.2, 0.25) is 0 Å². The molecular weight excluding hydrogens is 230 g/mol. The van der Waals surface area contributed by atoms with Crippen molar-refractivity contribution >= 4 is 17.5 Å². The summed E-state index contributed by atoms with van der Waals surface area (Å²) in [6.45, 7) is 0.255. The first-order chi connectivity index (χ1) is 7.75. The molecular formula is C8H8N5O2S+. The maximum atomic E-state index is 10.3. The Morgan fingerprint density at radius 3 is 2.75 bits per heavy atom. The number of carboxylic acids is 1. The second-order valence-corrected chi connectivity index (χ2v) is 3.58. The summed E-state index contributed by atoms with van der Waals surface area (Å²) < 4.78 is 3.73. The number of aromatic nitrogens is 5. The lowest BCUT2D eigenvalue weighted by Gasteiger charge is -1.91. The van der Waals surface area contributed by atoms with Gasteiger partial charge in [0.05, 0.1) is 5.56 Å². The maximum absolute atomic E-state index is 10.3. The Bertz CT molecular complexity index is 470. The highest BCUT2D eigenvalue weighted by molar-refractivity contribution is 7.03. The Morgan fingerprint density at radius 2 is 2.19 bits per heavy atom. The molecule has 2 heterocycles. The average Bonchev–Trinajstić information content (AvgIpc) is 2.80. The number of nitrogens with zero attached hydrogens (tertiary/aromatic N) is 5. The molecule has 0 aliphatic carbocycles. The third-order valence-electron chi connectivity index (χ3n) is 1.84. The zero-order valence-corrected chi connectivity index (χ0v) is 8.96. The van der Waals surface area contributed by atoms with Crippen LogP contribution < -0.4 is 4.80 Å². The second-order valence-electron chi connectivity index (χ2n) is 2.97. The molecule has 1 N–H and O–H groups in total. The van der Waals surface area contributed by atoms with Gasteiger partial charge in [-0.2, -0.15) is 0 Å². The molecule has 0 spiro atoms. The van der Waals surface area contributed by atoms with Crippen LogP contribution >= 0.6 is 11.5 Å². The highest BCUT2D eigenvalue weighted by Crippen LogP contribution is 2.13. The SMILES string of the molecule is O=C(O)CC[n+]1ncc(-c2csnn2)cn1. The first-order valence-electron chi connectivity index (χ1n) is 4.47. The van der Waals surface area contributed by atoms with Crippen LogP contribution in [-0.4, -0.2) is 30.9 Å². The predicted molar refractivity (Wildman–Crippen MR) is 53.4 cm³/mol. The number of hydrogen-bond donors (Lipinski definition) is 1. The average molecular weight is 238 g/mol. The van der Waals surface area contributed by atoms with Gasteiger partial charge in [-0.25, -0.2) is 0 Å². The molecule has 2 rings (SSSR count). The molecule has 7 nitrogen and oxygen atoms in total. The van der Waals surface area contributed by atoms with Gasteiger partial charge in [0.2, 0.25) is 6.54 Å². The van der Waals surface area contributed by atoms with Gasteiger partial charge < -0.3 is 5.11 Å². The van der Waals surface area contributed by atoms with Crippen LogP contribution in [0.5, 0.6) is 0 Å². The largest absolute Gasteiger partial charge is 0.481 e. The van der Waals surface area contributed by atoms with Crippen molar-refractivity contribution in [2.45, 2.75) is 13.0 Å². The summed E-state index contributed by atoms with van der Waals surface area (Å²) in [5.41, 5.74) is 1.48. The molecule has 0 bridgehead atoms. The molecule has 2 aromatic heterocycles. The lowest BCUT2D eigenvalue weighted by molar-refractivity contribution is -0.806. The number of carboxylic acid groups (broad SMARTS) is 1. The molecule has 16 heavy (non-hydrogen) atoms. The van der Waals surface area contributed by atoms with Crippen LogP contribution in [0.25, 0.3) is 11.3 Å². The standard InChI is InChI=1S/C8H7N5O2S/c14-8(15)1-2-13-9-3-6(4-10-13)7-5-16-12-11-7/h3-5H,1-2H2/p+1. The quantitative estimate of drug-likeness (QED) is 0.739. The van der Waals surface area contributed by atoms with Crippen LogP contribution in [0.15, 0.2) is 17.8 Å². The molecule has 0 unspecified atom stereocenters. The summed E-state index contributed by atoms with van der Waals surface area (Å²) >= 11 is 1.25. The Hall–Kier alpha value is -1.96. The number of hydrogen-bond acceptors (Lipinski definition) is 6. The monoisotopic (exact) mass is 238 g/mol. The number of aliphatic carboxylic acids is 1. The summed E-state index contributed by atoms with van der Waals surface area (Å²) in [7, 11) is 0. The van der Waals surface area contributed by atoms with Crippen LogP contribution in [0.1, 0.15) is 6.42 Å². The van der Waals surface area contributed by atoms with E-state index >= 15 is 0 Å². The summed E-state index contributed by atoms with van der Waals surface area (Å²) in [5, 5.41) is 22.1. The Balaban J connectivity index is 2.08. The molecule has 2 aromatic rings. The maximum Gasteiger partial charge on any atom is 0.310 e. The molecule has 0 amide bonds. The summed E-state index contributed by atoms with van der Waals surface area (Å²) in [5.74, 6) is -0.871. The molecule has 0 saturated heterocycles. The van der Waals surface area contributed by atoms with E-state index in [1.54, 1.807) is 17.8 Å². The highest BCUT2D eigenvalue weighted by Gasteiger charge is 2.10. The van der Waals surface area contributed by atoms with Gasteiger partial charge in [-0.15, -0.1) is 5.10 Å². The van der Waals surface area contributed by atoms with E-state index in [9.17, 15) is 4.79 Å². The van der Waals surface area contributed by atoms with Crippen molar-refractivity contribution in [3.63, 3.8) is 0 Å². The van der Waals surface area contributed by atoms with Crippen molar-refractivity contribution in [3.05, 3.63) is 17.8 Å². The first kappa shape index (κ1) is 10.6. The molecule has 0 aliphatic heterocycles. The fraction of sp³-hybridized carbons (Fsp3) is 0.250. The van der Waals surface area contributed by atoms with Crippen molar-refractivity contribution in [1.82, 2.24) is 19.8 Å². The van der Waals surface area contributed by atoms with E-state index in [1.807, 2.05) is 0 Å². The molecule has 8 heteroatoms. The van der Waals surface area contributed by atoms with Crippen LogP contribution in [-0.2, 0) is 11.3 Å². The number of rotatable bonds is 4. The predicted octanol–water partition coefficient (Wildman–Crippen LogP) is -0.243. The fourth-order valence-corrected chi connectivity index (χ4v) is 1.52. The van der Waals surface area contributed by atoms with Gasteiger partial charge in [-0.3, -0.25) is 4.79 Å². The summed E-state index contributed by atoms with van der Waals surface area (Å²) in [4.78, 5) is 11.7. The van der Waals surface area contributed by atoms with Crippen LogP contribution in [0.4, 0.5) is 0 Å². The molecule has 82 valence electrons. The Labute approximate surface area is 94.5 Å². The minimum Gasteiger partial charge on any atom is -0.481 e. The van der Waals surface area contributed by atoms with E-state index in [0.29, 0.717) is 0 Å². The number of aryl methyl sites for hydroxylation is 1. The third-order valence-corrected chi connectivity index (χ3v) is 2.35. The smallest absolute Gasteiger partial charge is 0.310 e. The van der Waals surface area contributed by atoms with Crippen molar-refractivity contribution < 1.29 is 14.7 Å². The van der Waals surface area contributed by atoms with Crippen LogP contribution in [0, 0.1) is 0 Å². The lowest BCUT2D eigenvalue weighted by atomic mass is 10.3. The molecule has 0 fully saturated rings. The van der Waals surface area contributed by atoms with Gasteiger partial charge in [-0.1, -0.05) is 4.49 Å². The molecule has 0 aliphatic rings. The van der Waals surface area contributed by atoms with E-state index in [2.05, 4.69) is 19.8 Å². The van der Waals surface area contributed by atoms with Crippen LogP contribution in [0.3, 0.4) is 0 Å². The minimum atomic E-state index is -0.871. The van der Waals surface area contributed by atoms with E-state index in [0.717, 1.165) is 11.3 Å². The fourth-order valence-electron chi connectivity index (χ4n) is 1.05. The molecule has 0 aromatic carbocycles. The second kappa shape index (κ2) is 4.71. The zero-order valence-electron chi connectivity index (χ0n) is 8.15. The van der Waals surface area contributed by atoms with E-state index in [4.69, 9.17) is 5.11 Å². The first-order valence-corrected chi connectivity index (χ1v) is 5.31. The molecule has 0 saturated carbocycles. The summed E-state index contributed by atoms with van der Waals surface area (Å²) in [6.07, 6.45) is 3.18. The van der Waals surface area contributed by atoms with Crippen molar-refractivity contribution in [2.75, 3.05) is 0 Å². The minimum absolute atomic E-state index is 0.00225. The summed E-state index contributed by atoms with van der Waals surface area (Å²) in [6, 6.07) is 0. The van der Waals surface area contributed by atoms with Crippen molar-refractivity contribution in [2.24, 2.45) is 0 Å². The molecule has 0 atom stereocenters. The number of carbonyl (C=O) groups is 1. The normalized spacial score (nSPS) is 10.2. The van der Waals surface area contributed by atoms with Gasteiger partial charge in [0.25, 0.3) is 0 Å². The van der Waals surface area contributed by atoms with Gasteiger partial charge in [0.15, 0.2) is 0 Å². The van der Waals surface area contributed by atoms with E-state index in [-0.39, 0.29) is 13.0 Å². The van der Waals surface area contributed by atoms with Crippen molar-refractivity contribution in [3.8, 4) is 11.3 Å². The molecule has 0 radical (unpaired) electrons. The van der Waals surface area contributed by atoms with Gasteiger partial charge in [-0.05, 0) is 11.5 Å². The Morgan fingerprint density at radius 1 is 1.44 bits per heavy atom. The topological polar surface area (TPSA) is 92.7 Å². The van der Waals surface area contributed by atoms with Gasteiger partial charge in [0, 0.05) is 20.4 Å². The lowest BCUT2D eigenvalue weighted by Crippen LogP contribution is -2.42. The van der Waals surface area contributed by atoms with Gasteiger partial charge >= 0.3 is 5.97 Å². The van der Waals surface area contributed by atoms with E-state index in [1.165, 1.54) is 16.3 Å². The highest BCUT2D eigenvalue weighted by atomic mass is 32.1. The third kappa shape index (κ3) is 2.54. The van der Waals surface area contributed by atoms with E-state index < -0.39 is 5.97 Å².